The third kappa shape index (κ3) is 13.9. The van der Waals surface area contributed by atoms with Crippen molar-refractivity contribution in [1.29, 1.82) is 0 Å². The molecule has 17 heterocycles. The van der Waals surface area contributed by atoms with Crippen molar-refractivity contribution < 1.29 is 18.8 Å². The first-order chi connectivity index (χ1) is 49.3. The standard InChI is InChI=1S/C26H32N8O.C26H31N7O2.C23H26Cl2N6O/c1-16-8-10-31(14-16)24-17(2)15-33-23(29-24)12-21(30-33)22-7-5-6-9-32(22)26(35)20-13-27-34-19(4)11-18(3)28-25(20)34;1-18-9-13-30(15-18)25-19(2)16-33-24(28-25)14-21(29-33)22-6-3-4-12-32(22)26(34)23-8-7-20(35-23)17-31-11-5-10-27-31;1-14-6-8-29(12-14)22-15(2)13-31-21(27-22)10-18(28-31)19-5-3-4-7-30(19)23(32)16-9-20(25)26-11-17(16)24/h11-13,15-16,22H,5-10,14H2,1-4H3;5,7-8,10-11,14,16,18,22H,3-4,6,9,12-13,15,17H2,1-2H3;9-11,13-14,19H,3-8,12H2,1-2H3/t16-,22-;18-,22-;14-,19-/m000/s1. The molecule has 0 bridgehead atoms. The van der Waals surface area contributed by atoms with Gasteiger partial charge in [0.25, 0.3) is 17.7 Å². The van der Waals surface area contributed by atoms with E-state index in [1.54, 1.807) is 27.7 Å². The topological polar surface area (TPSA) is 235 Å². The number of aromatic nitrogens is 15. The van der Waals surface area contributed by atoms with Crippen molar-refractivity contribution in [2.24, 2.45) is 17.8 Å². The summed E-state index contributed by atoms with van der Waals surface area (Å²) in [7, 11) is 0. The Morgan fingerprint density at radius 3 is 1.44 bits per heavy atom. The molecule has 6 fully saturated rings. The van der Waals surface area contributed by atoms with Crippen LogP contribution in [-0.2, 0) is 6.54 Å². The lowest BCUT2D eigenvalue weighted by atomic mass is 9.98. The zero-order valence-electron chi connectivity index (χ0n) is 59.5. The maximum Gasteiger partial charge on any atom is 0.290 e. The molecule has 532 valence electrons. The average molecular weight is 1420 g/mol. The number of carbonyl (C=O) groups is 3. The fourth-order valence-electron chi connectivity index (χ4n) is 15.9. The summed E-state index contributed by atoms with van der Waals surface area (Å²) in [6.45, 7) is 25.9. The van der Waals surface area contributed by atoms with Gasteiger partial charge in [-0.25, -0.2) is 43.0 Å². The van der Waals surface area contributed by atoms with Crippen molar-refractivity contribution in [2.45, 2.75) is 157 Å². The Hall–Kier alpha value is -9.49. The Kier molecular flexibility index (Phi) is 19.2. The lowest BCUT2D eigenvalue weighted by Crippen LogP contribution is -2.38. The second kappa shape index (κ2) is 28.7. The van der Waals surface area contributed by atoms with E-state index in [0.717, 1.165) is 177 Å². The van der Waals surface area contributed by atoms with Crippen molar-refractivity contribution >= 4 is 81.0 Å². The van der Waals surface area contributed by atoms with Gasteiger partial charge < -0.3 is 33.8 Å². The van der Waals surface area contributed by atoms with E-state index < -0.39 is 0 Å². The molecule has 11 aromatic rings. The summed E-state index contributed by atoms with van der Waals surface area (Å²) in [4.78, 5) is 77.0. The summed E-state index contributed by atoms with van der Waals surface area (Å²) in [6.07, 6.45) is 25.1. The summed E-state index contributed by atoms with van der Waals surface area (Å²) < 4.78 is 15.0. The molecule has 11 aromatic heterocycles. The van der Waals surface area contributed by atoms with Gasteiger partial charge >= 0.3 is 0 Å². The molecule has 0 radical (unpaired) electrons. The van der Waals surface area contributed by atoms with E-state index in [1.807, 2.05) is 84.8 Å². The predicted molar refractivity (Wildman–Crippen MR) is 391 cm³/mol. The van der Waals surface area contributed by atoms with Crippen LogP contribution in [0.5, 0.6) is 0 Å². The molecule has 17 rings (SSSR count). The van der Waals surface area contributed by atoms with Crippen LogP contribution in [0.1, 0.15) is 198 Å². The van der Waals surface area contributed by atoms with Gasteiger partial charge in [0.15, 0.2) is 28.3 Å². The number of hydrogen-bond acceptors (Lipinski definition) is 17. The summed E-state index contributed by atoms with van der Waals surface area (Å²) in [5, 5.41) is 23.8. The maximum absolute atomic E-state index is 13.8. The van der Waals surface area contributed by atoms with Gasteiger partial charge in [0.1, 0.15) is 33.9 Å². The van der Waals surface area contributed by atoms with Gasteiger partial charge in [-0.15, -0.1) is 0 Å². The number of carbonyl (C=O) groups excluding carboxylic acids is 3. The highest BCUT2D eigenvalue weighted by atomic mass is 35.5. The molecule has 102 heavy (non-hydrogen) atoms. The van der Waals surface area contributed by atoms with Crippen molar-refractivity contribution in [3.8, 4) is 0 Å². The van der Waals surface area contributed by atoms with Crippen LogP contribution in [0, 0.1) is 52.4 Å². The Labute approximate surface area is 602 Å². The van der Waals surface area contributed by atoms with Crippen LogP contribution in [0.15, 0.2) is 96.3 Å². The van der Waals surface area contributed by atoms with Gasteiger partial charge in [-0.05, 0) is 160 Å². The van der Waals surface area contributed by atoms with Crippen LogP contribution in [0.3, 0.4) is 0 Å². The molecule has 0 N–H and O–H groups in total. The van der Waals surface area contributed by atoms with E-state index in [1.165, 1.54) is 31.5 Å². The quantitative estimate of drug-likeness (QED) is 0.109. The molecule has 0 aromatic carbocycles. The molecule has 0 aliphatic carbocycles. The molecular weight excluding hydrogens is 1330 g/mol. The SMILES string of the molecule is Cc1cc(C)n2ncc(C(=O)N3CCCC[C@H]3c3cc4nc(N5CC[C@H](C)C5)c(C)cn4n3)c2n1.Cc1cn2nc([C@@H]3CCCCN3C(=O)c3cc(Cl)ncc3Cl)cc2nc1N1CC[C@H](C)C1.Cc1cn2nc([C@@H]3CCCCN3C(=O)c3ccc(Cn4cccn4)o3)cc2nc1N1CC[C@H](C)C1. The number of piperidine rings is 3. The fourth-order valence-corrected chi connectivity index (χ4v) is 16.3. The van der Waals surface area contributed by atoms with Crippen LogP contribution in [-0.4, -0.2) is 164 Å². The van der Waals surface area contributed by atoms with E-state index in [4.69, 9.17) is 57.9 Å². The molecule has 0 saturated carbocycles. The first kappa shape index (κ1) is 68.3. The zero-order valence-corrected chi connectivity index (χ0v) is 61.0. The van der Waals surface area contributed by atoms with E-state index in [0.29, 0.717) is 77.2 Å². The van der Waals surface area contributed by atoms with Crippen molar-refractivity contribution in [3.63, 3.8) is 0 Å². The molecule has 0 unspecified atom stereocenters. The third-order valence-corrected chi connectivity index (χ3v) is 21.7. The second-order valence-electron chi connectivity index (χ2n) is 29.2. The largest absolute Gasteiger partial charge is 0.454 e. The molecule has 6 saturated heterocycles. The summed E-state index contributed by atoms with van der Waals surface area (Å²) in [5.74, 6) is 6.00. The van der Waals surface area contributed by atoms with Gasteiger partial charge in [0.2, 0.25) is 0 Å². The monoisotopic (exact) mass is 1420 g/mol. The Bertz CT molecular complexity index is 4920. The summed E-state index contributed by atoms with van der Waals surface area (Å²) in [6, 6.07) is 14.8. The number of nitrogens with zero attached hydrogens (tertiary/aromatic N) is 21. The highest BCUT2D eigenvalue weighted by Crippen LogP contribution is 2.38. The van der Waals surface area contributed by atoms with Crippen LogP contribution in [0.2, 0.25) is 10.2 Å². The van der Waals surface area contributed by atoms with Gasteiger partial charge in [0.05, 0.1) is 58.5 Å². The molecule has 6 aliphatic heterocycles. The predicted octanol–water partition coefficient (Wildman–Crippen LogP) is 13.0. The highest BCUT2D eigenvalue weighted by Gasteiger charge is 2.37. The molecule has 6 atom stereocenters. The van der Waals surface area contributed by atoms with Gasteiger partial charge in [-0.2, -0.15) is 25.5 Å². The summed E-state index contributed by atoms with van der Waals surface area (Å²) >= 11 is 12.3. The maximum atomic E-state index is 13.8. The Morgan fingerprint density at radius 1 is 0.520 bits per heavy atom. The Morgan fingerprint density at radius 2 is 0.990 bits per heavy atom. The number of likely N-dealkylation sites (tertiary alicyclic amines) is 3. The lowest BCUT2D eigenvalue weighted by Gasteiger charge is -2.35. The van der Waals surface area contributed by atoms with Gasteiger partial charge in [-0.3, -0.25) is 19.1 Å². The Balaban J connectivity index is 0.000000124. The molecule has 25 nitrogen and oxygen atoms in total. The van der Waals surface area contributed by atoms with Crippen LogP contribution in [0.25, 0.3) is 22.6 Å². The molecule has 6 aliphatic rings. The first-order valence-electron chi connectivity index (χ1n) is 36.3. The van der Waals surface area contributed by atoms with Crippen LogP contribution in [0.4, 0.5) is 17.5 Å². The number of halogens is 2. The van der Waals surface area contributed by atoms with Gasteiger partial charge in [-0.1, -0.05) is 44.0 Å². The number of anilines is 3. The molecule has 27 heteroatoms. The van der Waals surface area contributed by atoms with Crippen LogP contribution < -0.4 is 14.7 Å². The summed E-state index contributed by atoms with van der Waals surface area (Å²) in [5.41, 5.74) is 11.9. The third-order valence-electron chi connectivity index (χ3n) is 21.2. The number of amides is 3. The van der Waals surface area contributed by atoms with E-state index in [2.05, 4.69) is 94.9 Å². The number of furan rings is 1. The molecular formula is C75H89Cl2N21O4. The smallest absolute Gasteiger partial charge is 0.290 e. The van der Waals surface area contributed by atoms with Crippen molar-refractivity contribution in [1.82, 2.24) is 87.9 Å². The normalized spacial score (nSPS) is 21.0. The van der Waals surface area contributed by atoms with E-state index in [9.17, 15) is 14.4 Å². The minimum Gasteiger partial charge on any atom is -0.454 e. The van der Waals surface area contributed by atoms with E-state index in [-0.39, 0.29) is 41.0 Å². The number of rotatable bonds is 11. The minimum atomic E-state index is -0.142. The zero-order chi connectivity index (χ0) is 70.6. The van der Waals surface area contributed by atoms with Crippen molar-refractivity contribution in [3.05, 3.63) is 170 Å². The number of pyridine rings is 1. The highest BCUT2D eigenvalue weighted by molar-refractivity contribution is 6.35. The van der Waals surface area contributed by atoms with Crippen LogP contribution >= 0.6 is 23.2 Å². The number of fused-ring (bicyclic) bond motifs is 4. The number of aryl methyl sites for hydroxylation is 5. The lowest BCUT2D eigenvalue weighted by molar-refractivity contribution is 0.0569. The second-order valence-corrected chi connectivity index (χ2v) is 30.0. The fraction of sp³-hybridized carbons (Fsp3) is 0.480. The number of hydrogen-bond donors (Lipinski definition) is 0. The first-order valence-corrected chi connectivity index (χ1v) is 37.1. The molecule has 3 amide bonds. The minimum absolute atomic E-state index is 0.0323. The van der Waals surface area contributed by atoms with Crippen molar-refractivity contribution in [2.75, 3.05) is 73.6 Å². The molecule has 0 spiro atoms. The average Bonchev–Trinajstić information content (AvgIpc) is 1.51. The van der Waals surface area contributed by atoms with E-state index >= 15 is 0 Å². The van der Waals surface area contributed by atoms with Gasteiger partial charge in [0, 0.05) is 142 Å².